The molecule has 0 radical (unpaired) electrons. The number of halogens is 2. The summed E-state index contributed by atoms with van der Waals surface area (Å²) in [6, 6.07) is 4.98. The molecule has 1 amide bonds. The predicted octanol–water partition coefficient (Wildman–Crippen LogP) is 2.84. The Morgan fingerprint density at radius 1 is 1.19 bits per heavy atom. The van der Waals surface area contributed by atoms with Crippen molar-refractivity contribution < 1.29 is 9.90 Å². The largest absolute Gasteiger partial charge is 0.504 e. The van der Waals surface area contributed by atoms with Crippen LogP contribution in [0, 0.1) is 5.41 Å². The molecule has 5 N–H and O–H groups in total. The molecule has 9 nitrogen and oxygen atoms in total. The number of nitrogens with zero attached hydrogens (tertiary/aromatic N) is 4. The third kappa shape index (κ3) is 4.30. The molecule has 3 aromatic rings. The van der Waals surface area contributed by atoms with E-state index in [0.29, 0.717) is 30.1 Å². The maximum Gasteiger partial charge on any atom is 0.253 e. The number of hydrogen-bond donors (Lipinski definition) is 4. The van der Waals surface area contributed by atoms with E-state index >= 15 is 0 Å². The van der Waals surface area contributed by atoms with Gasteiger partial charge in [-0.1, -0.05) is 29.3 Å². The van der Waals surface area contributed by atoms with Crippen molar-refractivity contribution in [2.24, 2.45) is 5.73 Å². The normalized spacial score (nSPS) is 15.6. The first kappa shape index (κ1) is 21.8. The molecular weight excluding hydrogens is 453 g/mol. The van der Waals surface area contributed by atoms with E-state index in [9.17, 15) is 9.90 Å². The van der Waals surface area contributed by atoms with Gasteiger partial charge in [-0.2, -0.15) is 0 Å². The van der Waals surface area contributed by atoms with Gasteiger partial charge in [-0.25, -0.2) is 15.0 Å². The first-order valence-corrected chi connectivity index (χ1v) is 10.4. The maximum atomic E-state index is 12.8. The number of nitrogens with one attached hydrogen (secondary N) is 2. The first-order chi connectivity index (χ1) is 15.3. The van der Waals surface area contributed by atoms with Crippen LogP contribution >= 0.6 is 23.2 Å². The van der Waals surface area contributed by atoms with Crippen LogP contribution in [0.25, 0.3) is 11.1 Å². The molecule has 1 aliphatic rings. The van der Waals surface area contributed by atoms with E-state index in [-0.39, 0.29) is 39.9 Å². The van der Waals surface area contributed by atoms with Gasteiger partial charge in [-0.3, -0.25) is 10.2 Å². The lowest BCUT2D eigenvalue weighted by Crippen LogP contribution is -2.37. The number of aromatic nitrogens is 3. The molecule has 2 aromatic heterocycles. The molecule has 4 rings (SSSR count). The molecule has 1 aromatic carbocycles. The van der Waals surface area contributed by atoms with Crippen LogP contribution in [0.5, 0.6) is 5.75 Å². The third-order valence-corrected chi connectivity index (χ3v) is 5.79. The third-order valence-electron chi connectivity index (χ3n) is 5.19. The Kier molecular flexibility index (Phi) is 6.11. The number of nitrogens with two attached hydrogens (primary N) is 1. The van der Waals surface area contributed by atoms with Crippen molar-refractivity contribution in [3.8, 4) is 16.9 Å². The van der Waals surface area contributed by atoms with Crippen molar-refractivity contribution >= 4 is 40.8 Å². The molecule has 164 valence electrons. The summed E-state index contributed by atoms with van der Waals surface area (Å²) in [5.74, 6) is -0.625. The number of aromatic hydroxyl groups is 1. The van der Waals surface area contributed by atoms with E-state index in [0.717, 1.165) is 11.1 Å². The summed E-state index contributed by atoms with van der Waals surface area (Å²) < 4.78 is 0. The van der Waals surface area contributed by atoms with Crippen LogP contribution in [0.2, 0.25) is 10.0 Å². The molecule has 32 heavy (non-hydrogen) atoms. The number of carbonyl (C=O) groups is 1. The molecule has 1 aliphatic heterocycles. The summed E-state index contributed by atoms with van der Waals surface area (Å²) >= 11 is 12.4. The molecular formula is C21H19Cl2N7O2. The standard InChI is InChI=1S/C21H19Cl2N7O2/c22-15-5-11(12-6-26-10-27-7-12)1-2-14(15)21(32)29-13-3-4-30(9-13)20-18(31)17(19(24)25)16(23)8-28-20/h1-2,5-8,10,13,31H,3-4,9H2,(H3,24,25)(H,29,32). The monoisotopic (exact) mass is 471 g/mol. The Morgan fingerprint density at radius 2 is 1.94 bits per heavy atom. The highest BCUT2D eigenvalue weighted by atomic mass is 35.5. The van der Waals surface area contributed by atoms with Gasteiger partial charge in [-0.15, -0.1) is 0 Å². The van der Waals surface area contributed by atoms with Crippen molar-refractivity contribution in [1.82, 2.24) is 20.3 Å². The average molecular weight is 472 g/mol. The summed E-state index contributed by atoms with van der Waals surface area (Å²) in [7, 11) is 0. The highest BCUT2D eigenvalue weighted by Crippen LogP contribution is 2.34. The van der Waals surface area contributed by atoms with E-state index in [1.807, 2.05) is 4.90 Å². The SMILES string of the molecule is N=C(N)c1c(Cl)cnc(N2CCC(NC(=O)c3ccc(-c4cncnc4)cc3Cl)C2)c1O. The Hall–Kier alpha value is -3.43. The van der Waals surface area contributed by atoms with Crippen LogP contribution in [-0.2, 0) is 0 Å². The zero-order valence-electron chi connectivity index (χ0n) is 16.7. The minimum atomic E-state index is -0.347. The van der Waals surface area contributed by atoms with Gasteiger partial charge < -0.3 is 21.1 Å². The summed E-state index contributed by atoms with van der Waals surface area (Å²) in [4.78, 5) is 26.8. The molecule has 1 fully saturated rings. The maximum absolute atomic E-state index is 12.8. The molecule has 3 heterocycles. The van der Waals surface area contributed by atoms with Gasteiger partial charge in [0.1, 0.15) is 12.2 Å². The van der Waals surface area contributed by atoms with E-state index in [4.69, 9.17) is 34.3 Å². The van der Waals surface area contributed by atoms with Crippen molar-refractivity contribution in [1.29, 1.82) is 5.41 Å². The topological polar surface area (TPSA) is 141 Å². The van der Waals surface area contributed by atoms with Crippen LogP contribution in [0.1, 0.15) is 22.3 Å². The molecule has 11 heteroatoms. The summed E-state index contributed by atoms with van der Waals surface area (Å²) in [5.41, 5.74) is 7.53. The van der Waals surface area contributed by atoms with Gasteiger partial charge in [0.05, 0.1) is 21.2 Å². The van der Waals surface area contributed by atoms with Gasteiger partial charge in [0.25, 0.3) is 5.91 Å². The van der Waals surface area contributed by atoms with Gasteiger partial charge in [0, 0.05) is 43.3 Å². The highest BCUT2D eigenvalue weighted by molar-refractivity contribution is 6.34. The lowest BCUT2D eigenvalue weighted by Gasteiger charge is -2.20. The lowest BCUT2D eigenvalue weighted by molar-refractivity contribution is 0.0940. The van der Waals surface area contributed by atoms with Crippen molar-refractivity contribution in [2.45, 2.75) is 12.5 Å². The molecule has 1 unspecified atom stereocenters. The number of pyridine rings is 1. The van der Waals surface area contributed by atoms with Crippen molar-refractivity contribution in [2.75, 3.05) is 18.0 Å². The summed E-state index contributed by atoms with van der Waals surface area (Å²) in [6.07, 6.45) is 6.77. The van der Waals surface area contributed by atoms with Crippen LogP contribution in [-0.4, -0.2) is 50.9 Å². The number of amidine groups is 1. The van der Waals surface area contributed by atoms with Gasteiger partial charge >= 0.3 is 0 Å². The fourth-order valence-corrected chi connectivity index (χ4v) is 4.12. The molecule has 0 saturated carbocycles. The number of benzene rings is 1. The summed E-state index contributed by atoms with van der Waals surface area (Å²) in [6.45, 7) is 0.966. The number of amides is 1. The molecule has 0 bridgehead atoms. The second-order valence-corrected chi connectivity index (χ2v) is 8.11. The number of rotatable bonds is 5. The highest BCUT2D eigenvalue weighted by Gasteiger charge is 2.29. The molecule has 0 spiro atoms. The predicted molar refractivity (Wildman–Crippen MR) is 122 cm³/mol. The second-order valence-electron chi connectivity index (χ2n) is 7.29. The zero-order chi connectivity index (χ0) is 22.8. The second kappa shape index (κ2) is 8.97. The van der Waals surface area contributed by atoms with Crippen molar-refractivity contribution in [3.05, 3.63) is 64.3 Å². The fraction of sp³-hybridized carbons (Fsp3) is 0.190. The minimum Gasteiger partial charge on any atom is -0.504 e. The molecule has 0 aliphatic carbocycles. The van der Waals surface area contributed by atoms with E-state index in [1.165, 1.54) is 12.5 Å². The van der Waals surface area contributed by atoms with Gasteiger partial charge in [0.2, 0.25) is 0 Å². The number of hydrogen-bond acceptors (Lipinski definition) is 7. The number of nitrogen functional groups attached to an aromatic ring is 1. The Morgan fingerprint density at radius 3 is 2.62 bits per heavy atom. The quantitative estimate of drug-likeness (QED) is 0.331. The van der Waals surface area contributed by atoms with Gasteiger partial charge in [0.15, 0.2) is 11.6 Å². The van der Waals surface area contributed by atoms with Crippen LogP contribution < -0.4 is 16.0 Å². The molecule has 1 saturated heterocycles. The average Bonchev–Trinajstić information content (AvgIpc) is 3.22. The van der Waals surface area contributed by atoms with Crippen LogP contribution in [0.3, 0.4) is 0 Å². The first-order valence-electron chi connectivity index (χ1n) is 9.67. The smallest absolute Gasteiger partial charge is 0.253 e. The molecule has 1 atom stereocenters. The Bertz CT molecular complexity index is 1190. The van der Waals surface area contributed by atoms with E-state index in [1.54, 1.807) is 30.6 Å². The van der Waals surface area contributed by atoms with Crippen LogP contribution in [0.4, 0.5) is 5.82 Å². The number of anilines is 1. The fourth-order valence-electron chi connectivity index (χ4n) is 3.62. The lowest BCUT2D eigenvalue weighted by atomic mass is 10.1. The van der Waals surface area contributed by atoms with Crippen LogP contribution in [0.15, 0.2) is 43.1 Å². The van der Waals surface area contributed by atoms with Gasteiger partial charge in [-0.05, 0) is 24.1 Å². The van der Waals surface area contributed by atoms with E-state index in [2.05, 4.69) is 20.3 Å². The Balaban J connectivity index is 1.46. The summed E-state index contributed by atoms with van der Waals surface area (Å²) in [5, 5.41) is 21.5. The number of carbonyl (C=O) groups excluding carboxylic acids is 1. The Labute approximate surface area is 193 Å². The minimum absolute atomic E-state index is 0.0415. The van der Waals surface area contributed by atoms with E-state index < -0.39 is 0 Å². The van der Waals surface area contributed by atoms with Crippen molar-refractivity contribution in [3.63, 3.8) is 0 Å². The zero-order valence-corrected chi connectivity index (χ0v) is 18.2.